The Morgan fingerprint density at radius 1 is 1.00 bits per heavy atom. The molecule has 4 saturated carbocycles. The molecule has 4 fully saturated rings. The summed E-state index contributed by atoms with van der Waals surface area (Å²) < 4.78 is 36.7. The molecule has 33 heavy (non-hydrogen) atoms. The molecule has 0 aromatic carbocycles. The van der Waals surface area contributed by atoms with Crippen LogP contribution in [0.2, 0.25) is 0 Å². The van der Waals surface area contributed by atoms with Crippen LogP contribution in [0.1, 0.15) is 92.4 Å². The maximum Gasteiger partial charge on any atom is 0.397 e. The van der Waals surface area contributed by atoms with Gasteiger partial charge in [-0.3, -0.25) is 4.55 Å². The molecule has 0 heterocycles. The molecule has 4 aliphatic carbocycles. The zero-order valence-corrected chi connectivity index (χ0v) is 22.2. The summed E-state index contributed by atoms with van der Waals surface area (Å²) in [5.41, 5.74) is 1.95. The van der Waals surface area contributed by atoms with Crippen LogP contribution >= 0.6 is 0 Å². The van der Waals surface area contributed by atoms with Crippen molar-refractivity contribution in [3.63, 3.8) is 0 Å². The van der Waals surface area contributed by atoms with Gasteiger partial charge < -0.3 is 0 Å². The summed E-state index contributed by atoms with van der Waals surface area (Å²) in [4.78, 5) is 0. The first kappa shape index (κ1) is 25.4. The van der Waals surface area contributed by atoms with Crippen LogP contribution in [0.25, 0.3) is 0 Å². The summed E-state index contributed by atoms with van der Waals surface area (Å²) in [5, 5.41) is 0. The largest absolute Gasteiger partial charge is 0.397 e. The number of hydrogen-bond acceptors (Lipinski definition) is 3. The van der Waals surface area contributed by atoms with Crippen molar-refractivity contribution in [1.82, 2.24) is 0 Å². The Labute approximate surface area is 202 Å². The molecule has 0 unspecified atom stereocenters. The SMILES string of the molecule is C=C(C)[C@H](C)/C=C/[C@@H](C)[C@H]1CC[C@H]2[C@@H]3CC[C@H]4C[C@@H](OS(=O)(=O)O)CC[C@]4(C)[C@H]3CC[C@]12C. The molecule has 0 aromatic heterocycles. The van der Waals surface area contributed by atoms with E-state index in [0.29, 0.717) is 23.2 Å². The van der Waals surface area contributed by atoms with Crippen molar-refractivity contribution < 1.29 is 17.2 Å². The van der Waals surface area contributed by atoms with Gasteiger partial charge in [0.15, 0.2) is 0 Å². The van der Waals surface area contributed by atoms with Gasteiger partial charge >= 0.3 is 10.4 Å². The highest BCUT2D eigenvalue weighted by molar-refractivity contribution is 7.80. The van der Waals surface area contributed by atoms with Gasteiger partial charge in [0, 0.05) is 0 Å². The molecule has 0 saturated heterocycles. The molecule has 4 aliphatic rings. The average molecular weight is 479 g/mol. The quantitative estimate of drug-likeness (QED) is 0.323. The predicted molar refractivity (Wildman–Crippen MR) is 134 cm³/mol. The van der Waals surface area contributed by atoms with Gasteiger partial charge in [-0.15, -0.1) is 0 Å². The standard InChI is InChI=1S/C28H46O4S/c1-18(2)19(3)7-8-20(4)24-11-12-25-23-10-9-21-17-22(32-33(29,30)31)13-15-27(21,5)26(23)14-16-28(24,25)6/h7-8,19-26H,1,9-17H2,2-6H3,(H,29,30,31)/b8-7+/t19-,20-,21+,22+,23+,24-,25+,26+,27+,28-/m1/s1. The van der Waals surface area contributed by atoms with Gasteiger partial charge in [0.25, 0.3) is 0 Å². The van der Waals surface area contributed by atoms with Crippen LogP contribution in [0.3, 0.4) is 0 Å². The second-order valence-corrected chi connectivity index (χ2v) is 13.7. The zero-order valence-electron chi connectivity index (χ0n) is 21.4. The van der Waals surface area contributed by atoms with Gasteiger partial charge in [-0.05, 0) is 117 Å². The molecule has 4 rings (SSSR count). The minimum Gasteiger partial charge on any atom is -0.264 e. The molecule has 1 N–H and O–H groups in total. The highest BCUT2D eigenvalue weighted by Gasteiger charge is 2.60. The first-order valence-corrected chi connectivity index (χ1v) is 14.7. The van der Waals surface area contributed by atoms with E-state index in [4.69, 9.17) is 8.74 Å². The van der Waals surface area contributed by atoms with E-state index in [-0.39, 0.29) is 11.5 Å². The van der Waals surface area contributed by atoms with Crippen LogP contribution < -0.4 is 0 Å². The minimum atomic E-state index is -4.36. The van der Waals surface area contributed by atoms with Crippen molar-refractivity contribution in [3.05, 3.63) is 24.3 Å². The maximum absolute atomic E-state index is 11.3. The molecular weight excluding hydrogens is 432 g/mol. The zero-order chi connectivity index (χ0) is 24.2. The monoisotopic (exact) mass is 478 g/mol. The Kier molecular flexibility index (Phi) is 7.01. The summed E-state index contributed by atoms with van der Waals surface area (Å²) in [6.07, 6.45) is 14.8. The molecule has 0 spiro atoms. The fourth-order valence-electron chi connectivity index (χ4n) is 9.02. The normalized spacial score (nSPS) is 45.2. The van der Waals surface area contributed by atoms with Crippen molar-refractivity contribution in [1.29, 1.82) is 0 Å². The Bertz CT molecular complexity index is 878. The third-order valence-corrected chi connectivity index (χ3v) is 11.6. The molecule has 0 aromatic rings. The Hall–Kier alpha value is -0.650. The second-order valence-electron chi connectivity index (χ2n) is 12.7. The molecule has 5 heteroatoms. The number of rotatable bonds is 6. The lowest BCUT2D eigenvalue weighted by Gasteiger charge is -2.61. The second kappa shape index (κ2) is 9.09. The van der Waals surface area contributed by atoms with E-state index in [9.17, 15) is 8.42 Å². The Morgan fingerprint density at radius 3 is 2.33 bits per heavy atom. The number of hydrogen-bond donors (Lipinski definition) is 1. The maximum atomic E-state index is 11.3. The van der Waals surface area contributed by atoms with E-state index in [0.717, 1.165) is 42.9 Å². The van der Waals surface area contributed by atoms with E-state index in [2.05, 4.69) is 53.3 Å². The third kappa shape index (κ3) is 4.76. The topological polar surface area (TPSA) is 63.6 Å². The summed E-state index contributed by atoms with van der Waals surface area (Å²) in [5.74, 6) is 4.70. The van der Waals surface area contributed by atoms with Gasteiger partial charge in [0.2, 0.25) is 0 Å². The van der Waals surface area contributed by atoms with Crippen LogP contribution in [-0.2, 0) is 14.6 Å². The highest BCUT2D eigenvalue weighted by Crippen LogP contribution is 2.68. The summed E-state index contributed by atoms with van der Waals surface area (Å²) in [7, 11) is -4.36. The molecule has 0 aliphatic heterocycles. The van der Waals surface area contributed by atoms with Crippen molar-refractivity contribution in [3.8, 4) is 0 Å². The van der Waals surface area contributed by atoms with Gasteiger partial charge in [-0.1, -0.05) is 52.0 Å². The van der Waals surface area contributed by atoms with Crippen LogP contribution in [0.5, 0.6) is 0 Å². The fraction of sp³-hybridized carbons (Fsp3) is 0.857. The van der Waals surface area contributed by atoms with E-state index >= 15 is 0 Å². The molecule has 188 valence electrons. The third-order valence-electron chi connectivity index (χ3n) is 11.1. The molecular formula is C28H46O4S. The molecule has 10 atom stereocenters. The predicted octanol–water partition coefficient (Wildman–Crippen LogP) is 7.24. The van der Waals surface area contributed by atoms with Gasteiger partial charge in [0.1, 0.15) is 0 Å². The first-order chi connectivity index (χ1) is 15.3. The lowest BCUT2D eigenvalue weighted by Crippen LogP contribution is -2.54. The summed E-state index contributed by atoms with van der Waals surface area (Å²) in [6.45, 7) is 16.0. The van der Waals surface area contributed by atoms with Crippen LogP contribution in [-0.4, -0.2) is 19.1 Å². The minimum absolute atomic E-state index is 0.282. The summed E-state index contributed by atoms with van der Waals surface area (Å²) >= 11 is 0. The van der Waals surface area contributed by atoms with Crippen LogP contribution in [0.15, 0.2) is 24.3 Å². The van der Waals surface area contributed by atoms with Crippen molar-refractivity contribution >= 4 is 10.4 Å². The Balaban J connectivity index is 1.47. The highest BCUT2D eigenvalue weighted by atomic mass is 32.3. The van der Waals surface area contributed by atoms with Crippen molar-refractivity contribution in [2.45, 2.75) is 98.5 Å². The number of fused-ring (bicyclic) bond motifs is 5. The van der Waals surface area contributed by atoms with E-state index in [1.807, 2.05) is 0 Å². The fourth-order valence-corrected chi connectivity index (χ4v) is 9.54. The van der Waals surface area contributed by atoms with Gasteiger partial charge in [0.05, 0.1) is 6.10 Å². The van der Waals surface area contributed by atoms with E-state index in [1.54, 1.807) is 0 Å². The first-order valence-electron chi connectivity index (χ1n) is 13.3. The lowest BCUT2D eigenvalue weighted by atomic mass is 9.44. The van der Waals surface area contributed by atoms with Gasteiger partial charge in [-0.2, -0.15) is 8.42 Å². The van der Waals surface area contributed by atoms with Gasteiger partial charge in [-0.25, -0.2) is 4.18 Å². The summed E-state index contributed by atoms with van der Waals surface area (Å²) in [6, 6.07) is 0. The average Bonchev–Trinajstić information content (AvgIpc) is 3.08. The van der Waals surface area contributed by atoms with E-state index in [1.165, 1.54) is 44.1 Å². The van der Waals surface area contributed by atoms with Crippen LogP contribution in [0.4, 0.5) is 0 Å². The molecule has 4 nitrogen and oxygen atoms in total. The molecule has 0 bridgehead atoms. The smallest absolute Gasteiger partial charge is 0.264 e. The van der Waals surface area contributed by atoms with Crippen molar-refractivity contribution in [2.24, 2.45) is 52.3 Å². The van der Waals surface area contributed by atoms with Crippen molar-refractivity contribution in [2.75, 3.05) is 0 Å². The van der Waals surface area contributed by atoms with Crippen LogP contribution in [0, 0.1) is 52.3 Å². The Morgan fingerprint density at radius 2 is 1.67 bits per heavy atom. The number of allylic oxidation sites excluding steroid dienone is 3. The molecule has 0 radical (unpaired) electrons. The lowest BCUT2D eigenvalue weighted by molar-refractivity contribution is -0.125. The van der Waals surface area contributed by atoms with E-state index < -0.39 is 10.4 Å². The molecule has 0 amide bonds.